The molecule has 2 fully saturated rings. The zero-order valence-electron chi connectivity index (χ0n) is 11.4. The quantitative estimate of drug-likeness (QED) is 0.837. The van der Waals surface area contributed by atoms with Crippen molar-refractivity contribution in [3.05, 3.63) is 18.2 Å². The van der Waals surface area contributed by atoms with Gasteiger partial charge in [-0.15, -0.1) is 0 Å². The predicted octanol–water partition coefficient (Wildman–Crippen LogP) is 2.82. The van der Waals surface area contributed by atoms with E-state index in [4.69, 9.17) is 0 Å². The van der Waals surface area contributed by atoms with Gasteiger partial charge in [-0.05, 0) is 50.0 Å². The average molecular weight is 247 g/mol. The van der Waals surface area contributed by atoms with Gasteiger partial charge in [0.15, 0.2) is 0 Å². The van der Waals surface area contributed by atoms with Crippen molar-refractivity contribution in [2.24, 2.45) is 17.8 Å². The standard InChI is InChI=1S/C15H25N3/c1-2-6-18-7-5-17-15(18)11-16-10-14-9-12-3-4-13(14)8-12/h5,7,12-14,16H,2-4,6,8-11H2,1H3. The van der Waals surface area contributed by atoms with E-state index in [1.807, 2.05) is 6.20 Å². The van der Waals surface area contributed by atoms with E-state index in [-0.39, 0.29) is 0 Å². The number of aromatic nitrogens is 2. The van der Waals surface area contributed by atoms with Crippen molar-refractivity contribution < 1.29 is 0 Å². The van der Waals surface area contributed by atoms with Crippen LogP contribution in [0.4, 0.5) is 0 Å². The number of imidazole rings is 1. The van der Waals surface area contributed by atoms with E-state index in [0.29, 0.717) is 0 Å². The third-order valence-electron chi connectivity index (χ3n) is 4.84. The van der Waals surface area contributed by atoms with Crippen LogP contribution in [0, 0.1) is 17.8 Å². The van der Waals surface area contributed by atoms with Crippen molar-refractivity contribution in [3.8, 4) is 0 Å². The molecule has 1 aromatic rings. The van der Waals surface area contributed by atoms with Crippen molar-refractivity contribution >= 4 is 0 Å². The first-order valence-electron chi connectivity index (χ1n) is 7.57. The monoisotopic (exact) mass is 247 g/mol. The Morgan fingerprint density at radius 2 is 2.33 bits per heavy atom. The average Bonchev–Trinajstić information content (AvgIpc) is 3.06. The van der Waals surface area contributed by atoms with E-state index < -0.39 is 0 Å². The van der Waals surface area contributed by atoms with E-state index in [1.54, 1.807) is 0 Å². The van der Waals surface area contributed by atoms with Crippen LogP contribution in [-0.4, -0.2) is 16.1 Å². The van der Waals surface area contributed by atoms with Crippen LogP contribution in [0.15, 0.2) is 12.4 Å². The highest BCUT2D eigenvalue weighted by molar-refractivity contribution is 4.94. The largest absolute Gasteiger partial charge is 0.334 e. The van der Waals surface area contributed by atoms with Gasteiger partial charge in [-0.2, -0.15) is 0 Å². The SMILES string of the molecule is CCCn1ccnc1CNCC1CC2CCC1C2. The highest BCUT2D eigenvalue weighted by Crippen LogP contribution is 2.47. The van der Waals surface area contributed by atoms with Crippen LogP contribution in [0.3, 0.4) is 0 Å². The van der Waals surface area contributed by atoms with Crippen molar-refractivity contribution in [1.82, 2.24) is 14.9 Å². The van der Waals surface area contributed by atoms with Crippen molar-refractivity contribution in [2.75, 3.05) is 6.54 Å². The number of fused-ring (bicyclic) bond motifs is 2. The number of hydrogen-bond acceptors (Lipinski definition) is 2. The number of nitrogens with one attached hydrogen (secondary N) is 1. The summed E-state index contributed by atoms with van der Waals surface area (Å²) in [4.78, 5) is 4.45. The normalized spacial score (nSPS) is 30.2. The maximum absolute atomic E-state index is 4.45. The highest BCUT2D eigenvalue weighted by Gasteiger charge is 2.38. The van der Waals surface area contributed by atoms with E-state index in [2.05, 4.69) is 28.0 Å². The molecule has 100 valence electrons. The summed E-state index contributed by atoms with van der Waals surface area (Å²) in [5.41, 5.74) is 0. The summed E-state index contributed by atoms with van der Waals surface area (Å²) in [7, 11) is 0. The van der Waals surface area contributed by atoms with Crippen molar-refractivity contribution in [2.45, 2.75) is 52.1 Å². The molecule has 0 saturated heterocycles. The third kappa shape index (κ3) is 2.46. The lowest BCUT2D eigenvalue weighted by Gasteiger charge is -2.21. The molecule has 1 aromatic heterocycles. The number of nitrogens with zero attached hydrogens (tertiary/aromatic N) is 2. The number of aryl methyl sites for hydroxylation is 1. The van der Waals surface area contributed by atoms with Gasteiger partial charge in [0.25, 0.3) is 0 Å². The third-order valence-corrected chi connectivity index (χ3v) is 4.84. The van der Waals surface area contributed by atoms with Crippen molar-refractivity contribution in [1.29, 1.82) is 0 Å². The molecule has 3 heteroatoms. The van der Waals surface area contributed by atoms with Gasteiger partial charge in [0.1, 0.15) is 5.82 Å². The van der Waals surface area contributed by atoms with E-state index in [0.717, 1.165) is 30.8 Å². The molecule has 1 heterocycles. The molecule has 0 spiro atoms. The van der Waals surface area contributed by atoms with Gasteiger partial charge in [0.05, 0.1) is 6.54 Å². The summed E-state index contributed by atoms with van der Waals surface area (Å²) >= 11 is 0. The Hall–Kier alpha value is -0.830. The van der Waals surface area contributed by atoms with Crippen LogP contribution in [0.25, 0.3) is 0 Å². The molecule has 2 aliphatic rings. The van der Waals surface area contributed by atoms with E-state index in [9.17, 15) is 0 Å². The molecule has 2 aliphatic carbocycles. The van der Waals surface area contributed by atoms with Gasteiger partial charge < -0.3 is 9.88 Å². The fourth-order valence-electron chi connectivity index (χ4n) is 3.95. The zero-order chi connectivity index (χ0) is 12.4. The summed E-state index contributed by atoms with van der Waals surface area (Å²) in [5.74, 6) is 4.22. The van der Waals surface area contributed by atoms with Crippen LogP contribution in [0.2, 0.25) is 0 Å². The van der Waals surface area contributed by atoms with Gasteiger partial charge in [-0.25, -0.2) is 4.98 Å². The molecule has 3 unspecified atom stereocenters. The molecule has 2 bridgehead atoms. The molecular weight excluding hydrogens is 222 g/mol. The van der Waals surface area contributed by atoms with Crippen LogP contribution in [0.5, 0.6) is 0 Å². The van der Waals surface area contributed by atoms with E-state index >= 15 is 0 Å². The van der Waals surface area contributed by atoms with Crippen LogP contribution in [0.1, 0.15) is 44.9 Å². The second-order valence-corrected chi connectivity index (χ2v) is 6.10. The fraction of sp³-hybridized carbons (Fsp3) is 0.800. The van der Waals surface area contributed by atoms with E-state index in [1.165, 1.54) is 44.5 Å². The molecule has 3 nitrogen and oxygen atoms in total. The summed E-state index contributed by atoms with van der Waals surface area (Å²) in [6.07, 6.45) is 11.2. The van der Waals surface area contributed by atoms with Gasteiger partial charge in [-0.1, -0.05) is 13.3 Å². The Morgan fingerprint density at radius 1 is 1.39 bits per heavy atom. The summed E-state index contributed by atoms with van der Waals surface area (Å²) in [6.45, 7) is 5.43. The van der Waals surface area contributed by atoms with Gasteiger partial charge in [0, 0.05) is 18.9 Å². The maximum Gasteiger partial charge on any atom is 0.122 e. The van der Waals surface area contributed by atoms with Gasteiger partial charge in [0.2, 0.25) is 0 Å². The Labute approximate surface area is 110 Å². The molecule has 0 aromatic carbocycles. The zero-order valence-corrected chi connectivity index (χ0v) is 11.4. The van der Waals surface area contributed by atoms with Gasteiger partial charge >= 0.3 is 0 Å². The highest BCUT2D eigenvalue weighted by atomic mass is 15.1. The minimum Gasteiger partial charge on any atom is -0.334 e. The molecule has 3 atom stereocenters. The lowest BCUT2D eigenvalue weighted by molar-refractivity contribution is 0.317. The predicted molar refractivity (Wildman–Crippen MR) is 73.2 cm³/mol. The minimum absolute atomic E-state index is 0.931. The fourth-order valence-corrected chi connectivity index (χ4v) is 3.95. The first-order valence-corrected chi connectivity index (χ1v) is 7.57. The smallest absolute Gasteiger partial charge is 0.122 e. The maximum atomic E-state index is 4.45. The molecular formula is C15H25N3. The first-order chi connectivity index (χ1) is 8.86. The summed E-state index contributed by atoms with van der Waals surface area (Å²) < 4.78 is 2.27. The molecule has 0 aliphatic heterocycles. The van der Waals surface area contributed by atoms with Crippen LogP contribution >= 0.6 is 0 Å². The Balaban J connectivity index is 1.45. The Morgan fingerprint density at radius 3 is 3.06 bits per heavy atom. The topological polar surface area (TPSA) is 29.9 Å². The summed E-state index contributed by atoms with van der Waals surface area (Å²) in [6, 6.07) is 0. The molecule has 2 saturated carbocycles. The number of hydrogen-bond donors (Lipinski definition) is 1. The lowest BCUT2D eigenvalue weighted by atomic mass is 9.89. The van der Waals surface area contributed by atoms with Gasteiger partial charge in [-0.3, -0.25) is 0 Å². The Bertz CT molecular complexity index is 385. The second kappa shape index (κ2) is 5.43. The molecule has 0 radical (unpaired) electrons. The van der Waals surface area contributed by atoms with Crippen LogP contribution in [-0.2, 0) is 13.1 Å². The lowest BCUT2D eigenvalue weighted by Crippen LogP contribution is -2.27. The molecule has 0 amide bonds. The Kier molecular flexibility index (Phi) is 3.69. The van der Waals surface area contributed by atoms with Crippen LogP contribution < -0.4 is 5.32 Å². The first kappa shape index (κ1) is 12.2. The minimum atomic E-state index is 0.931. The number of rotatable bonds is 6. The molecule has 3 rings (SSSR count). The molecule has 1 N–H and O–H groups in total. The second-order valence-electron chi connectivity index (χ2n) is 6.10. The summed E-state index contributed by atoms with van der Waals surface area (Å²) in [5, 5.41) is 3.63. The molecule has 18 heavy (non-hydrogen) atoms. The van der Waals surface area contributed by atoms with Crippen molar-refractivity contribution in [3.63, 3.8) is 0 Å².